The molecule has 1 atom stereocenters. The van der Waals surface area contributed by atoms with Crippen LogP contribution < -0.4 is 5.32 Å². The predicted molar refractivity (Wildman–Crippen MR) is 71.1 cm³/mol. The van der Waals surface area contributed by atoms with E-state index in [0.29, 0.717) is 0 Å². The van der Waals surface area contributed by atoms with Gasteiger partial charge in [0.15, 0.2) is 0 Å². The highest BCUT2D eigenvalue weighted by Gasteiger charge is 2.27. The molecule has 106 valence electrons. The van der Waals surface area contributed by atoms with Gasteiger partial charge in [-0.05, 0) is 11.5 Å². The van der Waals surface area contributed by atoms with Crippen LogP contribution in [0.15, 0.2) is 18.2 Å². The molecule has 0 aromatic heterocycles. The summed E-state index contributed by atoms with van der Waals surface area (Å²) in [6.07, 6.45) is 0. The summed E-state index contributed by atoms with van der Waals surface area (Å²) in [6.45, 7) is 5.37. The molecule has 0 saturated carbocycles. The number of carbonyl (C=O) groups excluding carboxylic acids is 1. The van der Waals surface area contributed by atoms with Crippen molar-refractivity contribution in [2.75, 3.05) is 0 Å². The first kappa shape index (κ1) is 15.4. The van der Waals surface area contributed by atoms with Crippen molar-refractivity contribution in [3.8, 4) is 11.8 Å². The van der Waals surface area contributed by atoms with Gasteiger partial charge in [-0.15, -0.1) is 0 Å². The second-order valence-electron chi connectivity index (χ2n) is 5.36. The number of nitriles is 1. The van der Waals surface area contributed by atoms with Crippen molar-refractivity contribution in [1.82, 2.24) is 5.32 Å². The monoisotopic (exact) mass is 277 g/mol. The number of non-ortho nitro benzene ring substituents is 1. The molecule has 7 nitrogen and oxygen atoms in total. The molecular weight excluding hydrogens is 262 g/mol. The van der Waals surface area contributed by atoms with Crippen LogP contribution in [0.1, 0.15) is 31.1 Å². The summed E-state index contributed by atoms with van der Waals surface area (Å²) >= 11 is 0. The third-order valence-corrected chi connectivity index (χ3v) is 2.71. The first-order valence-corrected chi connectivity index (χ1v) is 5.84. The number of hydrogen-bond donors (Lipinski definition) is 2. The van der Waals surface area contributed by atoms with Crippen LogP contribution in [0.25, 0.3) is 0 Å². The molecule has 1 rings (SSSR count). The fraction of sp³-hybridized carbons (Fsp3) is 0.385. The Morgan fingerprint density at radius 1 is 1.50 bits per heavy atom. The minimum Gasteiger partial charge on any atom is -0.507 e. The van der Waals surface area contributed by atoms with Gasteiger partial charge in [0, 0.05) is 6.07 Å². The van der Waals surface area contributed by atoms with Crippen molar-refractivity contribution >= 4 is 11.6 Å². The summed E-state index contributed by atoms with van der Waals surface area (Å²) in [5.74, 6) is -1.15. The van der Waals surface area contributed by atoms with Crippen LogP contribution in [0.3, 0.4) is 0 Å². The molecule has 0 spiro atoms. The Kier molecular flexibility index (Phi) is 4.30. The standard InChI is InChI=1S/C13H15N3O4/c1-13(2,3)11(7-14)15-12(18)9-5-4-8(16(19)20)6-10(9)17/h4-6,11,17H,1-3H3,(H,15,18). The first-order valence-electron chi connectivity index (χ1n) is 5.84. The Morgan fingerprint density at radius 2 is 2.10 bits per heavy atom. The van der Waals surface area contributed by atoms with Crippen LogP contribution in [0.4, 0.5) is 5.69 Å². The minimum atomic E-state index is -0.746. The fourth-order valence-electron chi connectivity index (χ4n) is 1.48. The van der Waals surface area contributed by atoms with Crippen LogP contribution in [0.5, 0.6) is 5.75 Å². The molecule has 1 aromatic rings. The molecule has 0 fully saturated rings. The number of nitrogens with zero attached hydrogens (tertiary/aromatic N) is 2. The first-order chi connectivity index (χ1) is 9.16. The van der Waals surface area contributed by atoms with Crippen molar-refractivity contribution in [3.05, 3.63) is 33.9 Å². The SMILES string of the molecule is CC(C)(C)C(C#N)NC(=O)c1ccc([N+](=O)[O-])cc1O. The number of nitrogens with one attached hydrogen (secondary N) is 1. The highest BCUT2D eigenvalue weighted by molar-refractivity contribution is 5.97. The molecular formula is C13H15N3O4. The normalized spacial score (nSPS) is 12.3. The molecule has 2 N–H and O–H groups in total. The van der Waals surface area contributed by atoms with Crippen molar-refractivity contribution in [3.63, 3.8) is 0 Å². The third kappa shape index (κ3) is 3.45. The van der Waals surface area contributed by atoms with Crippen LogP contribution in [-0.4, -0.2) is 22.0 Å². The van der Waals surface area contributed by atoms with Gasteiger partial charge in [0.2, 0.25) is 0 Å². The summed E-state index contributed by atoms with van der Waals surface area (Å²) in [7, 11) is 0. The molecule has 0 radical (unpaired) electrons. The molecule has 0 saturated heterocycles. The number of nitro groups is 1. The van der Waals surface area contributed by atoms with Gasteiger partial charge in [-0.1, -0.05) is 20.8 Å². The van der Waals surface area contributed by atoms with E-state index in [9.17, 15) is 20.0 Å². The fourth-order valence-corrected chi connectivity index (χ4v) is 1.48. The van der Waals surface area contributed by atoms with Gasteiger partial charge in [0.1, 0.15) is 11.8 Å². The van der Waals surface area contributed by atoms with E-state index in [1.165, 1.54) is 0 Å². The molecule has 1 aromatic carbocycles. The van der Waals surface area contributed by atoms with Gasteiger partial charge in [0.05, 0.1) is 22.6 Å². The molecule has 20 heavy (non-hydrogen) atoms. The third-order valence-electron chi connectivity index (χ3n) is 2.71. The molecule has 0 heterocycles. The van der Waals surface area contributed by atoms with E-state index in [4.69, 9.17) is 5.26 Å². The summed E-state index contributed by atoms with van der Waals surface area (Å²) in [5, 5.41) is 31.7. The van der Waals surface area contributed by atoms with E-state index in [0.717, 1.165) is 18.2 Å². The Bertz CT molecular complexity index is 584. The van der Waals surface area contributed by atoms with Gasteiger partial charge in [-0.3, -0.25) is 14.9 Å². The number of amides is 1. The number of rotatable bonds is 3. The van der Waals surface area contributed by atoms with E-state index >= 15 is 0 Å². The number of carbonyl (C=O) groups is 1. The molecule has 7 heteroatoms. The van der Waals surface area contributed by atoms with Crippen molar-refractivity contribution < 1.29 is 14.8 Å². The van der Waals surface area contributed by atoms with Crippen LogP contribution >= 0.6 is 0 Å². The number of nitro benzene ring substituents is 1. The Hall–Kier alpha value is -2.62. The van der Waals surface area contributed by atoms with Crippen LogP contribution in [0, 0.1) is 26.9 Å². The number of benzene rings is 1. The quantitative estimate of drug-likeness (QED) is 0.647. The summed E-state index contributed by atoms with van der Waals surface area (Å²) in [4.78, 5) is 21.8. The van der Waals surface area contributed by atoms with Crippen LogP contribution in [-0.2, 0) is 0 Å². The highest BCUT2D eigenvalue weighted by Crippen LogP contribution is 2.24. The summed E-state index contributed by atoms with van der Waals surface area (Å²) < 4.78 is 0. The van der Waals surface area contributed by atoms with E-state index in [1.54, 1.807) is 20.8 Å². The lowest BCUT2D eigenvalue weighted by Gasteiger charge is -2.25. The minimum absolute atomic E-state index is 0.111. The van der Waals surface area contributed by atoms with Gasteiger partial charge in [-0.25, -0.2) is 0 Å². The Labute approximate surface area is 116 Å². The van der Waals surface area contributed by atoms with Gasteiger partial charge in [-0.2, -0.15) is 5.26 Å². The van der Waals surface area contributed by atoms with Crippen LogP contribution in [0.2, 0.25) is 0 Å². The number of phenols is 1. The lowest BCUT2D eigenvalue weighted by atomic mass is 9.87. The average molecular weight is 277 g/mol. The van der Waals surface area contributed by atoms with E-state index in [-0.39, 0.29) is 11.3 Å². The van der Waals surface area contributed by atoms with Gasteiger partial charge in [0.25, 0.3) is 11.6 Å². The maximum Gasteiger partial charge on any atom is 0.273 e. The zero-order valence-corrected chi connectivity index (χ0v) is 11.4. The zero-order chi connectivity index (χ0) is 15.5. The molecule has 0 aliphatic heterocycles. The number of phenolic OH excluding ortho intramolecular Hbond substituents is 1. The molecule has 0 aliphatic rings. The molecule has 1 unspecified atom stereocenters. The van der Waals surface area contributed by atoms with Gasteiger partial charge < -0.3 is 10.4 Å². The second kappa shape index (κ2) is 5.57. The smallest absolute Gasteiger partial charge is 0.273 e. The van der Waals surface area contributed by atoms with E-state index in [2.05, 4.69) is 5.32 Å². The maximum absolute atomic E-state index is 12.0. The van der Waals surface area contributed by atoms with Gasteiger partial charge >= 0.3 is 0 Å². The summed E-state index contributed by atoms with van der Waals surface area (Å²) in [6, 6.07) is 4.39. The molecule has 0 aliphatic carbocycles. The Morgan fingerprint density at radius 3 is 2.50 bits per heavy atom. The van der Waals surface area contributed by atoms with Crippen molar-refractivity contribution in [2.24, 2.45) is 5.41 Å². The average Bonchev–Trinajstić information content (AvgIpc) is 2.33. The van der Waals surface area contributed by atoms with E-state index < -0.39 is 28.0 Å². The highest BCUT2D eigenvalue weighted by atomic mass is 16.6. The maximum atomic E-state index is 12.0. The van der Waals surface area contributed by atoms with Crippen molar-refractivity contribution in [2.45, 2.75) is 26.8 Å². The summed E-state index contributed by atoms with van der Waals surface area (Å²) in [5.41, 5.74) is -0.896. The Balaban J connectivity index is 2.99. The molecule has 0 bridgehead atoms. The topological polar surface area (TPSA) is 116 Å². The largest absolute Gasteiger partial charge is 0.507 e. The molecule has 1 amide bonds. The lowest BCUT2D eigenvalue weighted by Crippen LogP contribution is -2.42. The second-order valence-corrected chi connectivity index (χ2v) is 5.36. The predicted octanol–water partition coefficient (Wildman–Crippen LogP) is 1.97. The number of aromatic hydroxyl groups is 1. The number of hydrogen-bond acceptors (Lipinski definition) is 5. The lowest BCUT2D eigenvalue weighted by molar-refractivity contribution is -0.384. The van der Waals surface area contributed by atoms with Crippen molar-refractivity contribution in [1.29, 1.82) is 5.26 Å². The zero-order valence-electron chi connectivity index (χ0n) is 11.4. The van der Waals surface area contributed by atoms with E-state index in [1.807, 2.05) is 6.07 Å².